The van der Waals surface area contributed by atoms with E-state index >= 15 is 0 Å². The molecule has 1 aliphatic heterocycles. The first-order valence-electron chi connectivity index (χ1n) is 8.89. The van der Waals surface area contributed by atoms with Crippen LogP contribution < -0.4 is 10.6 Å². The fraction of sp³-hybridized carbons (Fsp3) is 0.765. The molecule has 1 unspecified atom stereocenters. The van der Waals surface area contributed by atoms with Gasteiger partial charge in [0.25, 0.3) is 0 Å². The van der Waals surface area contributed by atoms with Gasteiger partial charge >= 0.3 is 0 Å². The zero-order chi connectivity index (χ0) is 16.5. The molecule has 0 aliphatic carbocycles. The van der Waals surface area contributed by atoms with Crippen LogP contribution in [0, 0.1) is 0 Å². The van der Waals surface area contributed by atoms with E-state index in [1.165, 1.54) is 32.2 Å². The second kappa shape index (κ2) is 11.7. The number of likely N-dealkylation sites (tertiary alicyclic amines) is 1. The molecule has 0 spiro atoms. The number of aromatic nitrogens is 1. The molecular weight excluding hydrogens is 417 g/mol. The molecule has 2 heterocycles. The molecule has 24 heavy (non-hydrogen) atoms. The molecule has 7 heteroatoms. The molecule has 1 aromatic heterocycles. The smallest absolute Gasteiger partial charge is 0.191 e. The fourth-order valence-electron chi connectivity index (χ4n) is 3.13. The van der Waals surface area contributed by atoms with Crippen molar-refractivity contribution < 1.29 is 4.52 Å². The second-order valence-corrected chi connectivity index (χ2v) is 6.08. The summed E-state index contributed by atoms with van der Waals surface area (Å²) in [6, 6.07) is 2.74. The lowest BCUT2D eigenvalue weighted by Gasteiger charge is -2.35. The number of aryl methyl sites for hydroxylation is 1. The summed E-state index contributed by atoms with van der Waals surface area (Å²) in [6.07, 6.45) is 6.19. The number of guanidine groups is 1. The Labute approximate surface area is 162 Å². The molecule has 1 atom stereocenters. The molecule has 1 saturated heterocycles. The zero-order valence-electron chi connectivity index (χ0n) is 15.2. The van der Waals surface area contributed by atoms with Crippen molar-refractivity contribution in [1.29, 1.82) is 0 Å². The van der Waals surface area contributed by atoms with Crippen LogP contribution in [0.2, 0.25) is 0 Å². The topological polar surface area (TPSA) is 65.7 Å². The highest BCUT2D eigenvalue weighted by atomic mass is 127. The maximum Gasteiger partial charge on any atom is 0.191 e. The van der Waals surface area contributed by atoms with Gasteiger partial charge in [-0.3, -0.25) is 9.89 Å². The maximum absolute atomic E-state index is 5.28. The molecule has 2 N–H and O–H groups in total. The SMILES string of the molecule is CCc1cc(CNC(=NC)NCCN2CCCCC2CC)on1.I. The third-order valence-electron chi connectivity index (χ3n) is 4.54. The van der Waals surface area contributed by atoms with E-state index in [-0.39, 0.29) is 24.0 Å². The van der Waals surface area contributed by atoms with Crippen LogP contribution in [-0.2, 0) is 13.0 Å². The molecule has 0 radical (unpaired) electrons. The Kier molecular flexibility index (Phi) is 10.3. The first-order chi connectivity index (χ1) is 11.3. The van der Waals surface area contributed by atoms with Crippen LogP contribution >= 0.6 is 24.0 Å². The van der Waals surface area contributed by atoms with Crippen molar-refractivity contribution in [2.45, 2.75) is 58.5 Å². The number of rotatable bonds is 7. The molecule has 138 valence electrons. The summed E-state index contributed by atoms with van der Waals surface area (Å²) in [7, 11) is 1.79. The van der Waals surface area contributed by atoms with Crippen molar-refractivity contribution in [3.05, 3.63) is 17.5 Å². The minimum Gasteiger partial charge on any atom is -0.359 e. The molecular formula is C17H32IN5O. The average Bonchev–Trinajstić information content (AvgIpc) is 3.06. The highest BCUT2D eigenvalue weighted by Crippen LogP contribution is 2.18. The lowest BCUT2D eigenvalue weighted by Crippen LogP contribution is -2.45. The van der Waals surface area contributed by atoms with Crippen LogP contribution in [-0.4, -0.2) is 48.7 Å². The number of nitrogens with zero attached hydrogens (tertiary/aromatic N) is 3. The van der Waals surface area contributed by atoms with Gasteiger partial charge < -0.3 is 15.2 Å². The first kappa shape index (κ1) is 21.2. The quantitative estimate of drug-likeness (QED) is 0.381. The normalized spacial score (nSPS) is 19.0. The molecule has 0 amide bonds. The molecule has 0 aromatic carbocycles. The van der Waals surface area contributed by atoms with Crippen LogP contribution in [0.4, 0.5) is 0 Å². The van der Waals surface area contributed by atoms with E-state index in [0.29, 0.717) is 6.54 Å². The van der Waals surface area contributed by atoms with Gasteiger partial charge in [0.15, 0.2) is 11.7 Å². The predicted molar refractivity (Wildman–Crippen MR) is 109 cm³/mol. The lowest BCUT2D eigenvalue weighted by molar-refractivity contribution is 0.147. The Morgan fingerprint density at radius 3 is 2.88 bits per heavy atom. The first-order valence-corrected chi connectivity index (χ1v) is 8.89. The van der Waals surface area contributed by atoms with E-state index in [4.69, 9.17) is 4.52 Å². The van der Waals surface area contributed by atoms with E-state index in [1.54, 1.807) is 7.05 Å². The van der Waals surface area contributed by atoms with Gasteiger partial charge in [0.05, 0.1) is 12.2 Å². The molecule has 0 bridgehead atoms. The summed E-state index contributed by atoms with van der Waals surface area (Å²) in [5.41, 5.74) is 0.987. The second-order valence-electron chi connectivity index (χ2n) is 6.08. The molecule has 6 nitrogen and oxygen atoms in total. The predicted octanol–water partition coefficient (Wildman–Crippen LogP) is 2.78. The summed E-state index contributed by atoms with van der Waals surface area (Å²) in [4.78, 5) is 6.87. The van der Waals surface area contributed by atoms with Crippen LogP contribution in [0.25, 0.3) is 0 Å². The van der Waals surface area contributed by atoms with E-state index in [1.807, 2.05) is 6.07 Å². The highest BCUT2D eigenvalue weighted by molar-refractivity contribution is 14.0. The van der Waals surface area contributed by atoms with Gasteiger partial charge in [0.2, 0.25) is 0 Å². The Balaban J connectivity index is 0.00000288. The number of hydrogen-bond acceptors (Lipinski definition) is 4. The van der Waals surface area contributed by atoms with Crippen LogP contribution in [0.15, 0.2) is 15.6 Å². The van der Waals surface area contributed by atoms with Crippen molar-refractivity contribution in [2.24, 2.45) is 4.99 Å². The fourth-order valence-corrected chi connectivity index (χ4v) is 3.13. The van der Waals surface area contributed by atoms with Crippen molar-refractivity contribution in [3.63, 3.8) is 0 Å². The lowest BCUT2D eigenvalue weighted by atomic mass is 10.0. The number of halogens is 1. The standard InChI is InChI=1S/C17H31N5O.HI/c1-4-14-12-16(23-21-14)13-20-17(18-3)19-9-11-22-10-7-6-8-15(22)5-2;/h12,15H,4-11,13H2,1-3H3,(H2,18,19,20);1H. The third kappa shape index (κ3) is 6.58. The van der Waals surface area contributed by atoms with Gasteiger partial charge in [-0.05, 0) is 32.2 Å². The molecule has 1 fully saturated rings. The van der Waals surface area contributed by atoms with Crippen LogP contribution in [0.3, 0.4) is 0 Å². The van der Waals surface area contributed by atoms with Gasteiger partial charge in [-0.15, -0.1) is 24.0 Å². The van der Waals surface area contributed by atoms with Gasteiger partial charge in [0.1, 0.15) is 0 Å². The Morgan fingerprint density at radius 2 is 2.21 bits per heavy atom. The summed E-state index contributed by atoms with van der Waals surface area (Å²) >= 11 is 0. The summed E-state index contributed by atoms with van der Waals surface area (Å²) in [5.74, 6) is 1.65. The van der Waals surface area contributed by atoms with E-state index in [0.717, 1.165) is 43.0 Å². The number of aliphatic imine (C=N–C) groups is 1. The van der Waals surface area contributed by atoms with Crippen molar-refractivity contribution in [2.75, 3.05) is 26.7 Å². The third-order valence-corrected chi connectivity index (χ3v) is 4.54. The summed E-state index contributed by atoms with van der Waals surface area (Å²) < 4.78 is 5.28. The van der Waals surface area contributed by atoms with E-state index in [9.17, 15) is 0 Å². The number of piperidine rings is 1. The number of hydrogen-bond donors (Lipinski definition) is 2. The largest absolute Gasteiger partial charge is 0.359 e. The highest BCUT2D eigenvalue weighted by Gasteiger charge is 2.19. The molecule has 1 aromatic rings. The molecule has 1 aliphatic rings. The zero-order valence-corrected chi connectivity index (χ0v) is 17.5. The molecule has 2 rings (SSSR count). The van der Waals surface area contributed by atoms with Crippen LogP contribution in [0.1, 0.15) is 51.0 Å². The maximum atomic E-state index is 5.28. The summed E-state index contributed by atoms with van der Waals surface area (Å²) in [5, 5.41) is 10.7. The Bertz CT molecular complexity index is 491. The van der Waals surface area contributed by atoms with Gasteiger partial charge in [-0.2, -0.15) is 0 Å². The van der Waals surface area contributed by atoms with Gasteiger partial charge in [0, 0.05) is 32.2 Å². The minimum absolute atomic E-state index is 0. The van der Waals surface area contributed by atoms with E-state index < -0.39 is 0 Å². The van der Waals surface area contributed by atoms with Crippen molar-refractivity contribution >= 4 is 29.9 Å². The molecule has 0 saturated carbocycles. The van der Waals surface area contributed by atoms with Crippen LogP contribution in [0.5, 0.6) is 0 Å². The Hall–Kier alpha value is -0.830. The van der Waals surface area contributed by atoms with Gasteiger partial charge in [-0.25, -0.2) is 0 Å². The Morgan fingerprint density at radius 1 is 1.38 bits per heavy atom. The monoisotopic (exact) mass is 449 g/mol. The van der Waals surface area contributed by atoms with Gasteiger partial charge in [-0.1, -0.05) is 25.4 Å². The average molecular weight is 449 g/mol. The number of nitrogens with one attached hydrogen (secondary N) is 2. The van der Waals surface area contributed by atoms with Crippen molar-refractivity contribution in [1.82, 2.24) is 20.7 Å². The van der Waals surface area contributed by atoms with E-state index in [2.05, 4.69) is 39.5 Å². The summed E-state index contributed by atoms with van der Waals surface area (Å²) in [6.45, 7) is 8.17. The van der Waals surface area contributed by atoms with Crippen molar-refractivity contribution in [3.8, 4) is 0 Å². The minimum atomic E-state index is 0.